The topological polar surface area (TPSA) is 66.2 Å². The van der Waals surface area contributed by atoms with Crippen LogP contribution in [0.5, 0.6) is 0 Å². The Bertz CT molecular complexity index is 272. The molecule has 0 spiro atoms. The normalized spacial score (nSPS) is 8.73. The van der Waals surface area contributed by atoms with E-state index in [4.69, 9.17) is 14.3 Å². The van der Waals surface area contributed by atoms with E-state index in [1.807, 2.05) is 18.3 Å². The van der Waals surface area contributed by atoms with Gasteiger partial charge in [-0.3, -0.25) is 4.79 Å². The Labute approximate surface area is 62.4 Å². The lowest BCUT2D eigenvalue weighted by Crippen LogP contribution is -1.49. The predicted molar refractivity (Wildman–Crippen MR) is 39.3 cm³/mol. The Kier molecular flexibility index (Phi) is 2.32. The molecule has 0 aliphatic carbocycles. The summed E-state index contributed by atoms with van der Waals surface area (Å²) in [6, 6.07) is 3.80. The largest absolute Gasteiger partial charge is 0.483 e. The van der Waals surface area contributed by atoms with Crippen LogP contribution in [-0.4, -0.2) is 16.6 Å². The van der Waals surface area contributed by atoms with Gasteiger partial charge >= 0.3 is 0 Å². The van der Waals surface area contributed by atoms with Crippen LogP contribution in [0.1, 0.15) is 0 Å². The highest BCUT2D eigenvalue weighted by molar-refractivity contribution is 5.72. The molecule has 58 valence electrons. The maximum absolute atomic E-state index is 8.36. The molecule has 0 atom stereocenters. The molecule has 0 amide bonds. The highest BCUT2D eigenvalue weighted by Gasteiger charge is 1.91. The van der Waals surface area contributed by atoms with Crippen molar-refractivity contribution < 1.29 is 14.3 Å². The number of rotatable bonds is 0. The Hall–Kier alpha value is -1.71. The third kappa shape index (κ3) is 1.61. The zero-order valence-corrected chi connectivity index (χ0v) is 5.65. The van der Waals surface area contributed by atoms with E-state index in [0.717, 1.165) is 11.1 Å². The molecule has 0 bridgehead atoms. The first kappa shape index (κ1) is 7.40. The minimum atomic E-state index is -0.250. The number of hydrogen-bond acceptors (Lipinski definition) is 2. The van der Waals surface area contributed by atoms with Gasteiger partial charge in [0.05, 0.1) is 11.8 Å². The van der Waals surface area contributed by atoms with Crippen LogP contribution in [0.4, 0.5) is 0 Å². The molecule has 0 fully saturated rings. The molecule has 11 heavy (non-hydrogen) atoms. The lowest BCUT2D eigenvalue weighted by molar-refractivity contribution is -0.122. The summed E-state index contributed by atoms with van der Waals surface area (Å²) in [6.45, 7) is -0.250. The van der Waals surface area contributed by atoms with Gasteiger partial charge in [0.1, 0.15) is 0 Å². The fraction of sp³-hybridized carbons (Fsp3) is 0. The van der Waals surface area contributed by atoms with Gasteiger partial charge in [-0.1, -0.05) is 0 Å². The molecule has 0 aromatic carbocycles. The highest BCUT2D eigenvalue weighted by Crippen LogP contribution is 2.10. The van der Waals surface area contributed by atoms with Crippen molar-refractivity contribution >= 4 is 17.6 Å². The maximum Gasteiger partial charge on any atom is 0.290 e. The van der Waals surface area contributed by atoms with E-state index in [9.17, 15) is 0 Å². The van der Waals surface area contributed by atoms with E-state index in [1.165, 1.54) is 0 Å². The summed E-state index contributed by atoms with van der Waals surface area (Å²) < 4.78 is 5.03. The van der Waals surface area contributed by atoms with Crippen molar-refractivity contribution in [1.82, 2.24) is 4.98 Å². The smallest absolute Gasteiger partial charge is 0.290 e. The van der Waals surface area contributed by atoms with Gasteiger partial charge in [0.25, 0.3) is 6.47 Å². The number of furan rings is 1. The molecule has 0 saturated carbocycles. The second kappa shape index (κ2) is 3.46. The SMILES string of the molecule is O=CO.c1cc2occc2[nH]1. The molecule has 2 aromatic rings. The number of aromatic amines is 1. The summed E-state index contributed by atoms with van der Waals surface area (Å²) in [4.78, 5) is 11.4. The Morgan fingerprint density at radius 1 is 1.55 bits per heavy atom. The van der Waals surface area contributed by atoms with Crippen LogP contribution in [0.25, 0.3) is 11.1 Å². The molecule has 2 heterocycles. The summed E-state index contributed by atoms with van der Waals surface area (Å²) >= 11 is 0. The van der Waals surface area contributed by atoms with Gasteiger partial charge in [-0.05, 0) is 6.07 Å². The number of aromatic nitrogens is 1. The number of carboxylic acid groups (broad SMARTS) is 1. The van der Waals surface area contributed by atoms with Crippen LogP contribution >= 0.6 is 0 Å². The number of H-pyrrole nitrogens is 1. The van der Waals surface area contributed by atoms with Crippen molar-refractivity contribution in [2.24, 2.45) is 0 Å². The van der Waals surface area contributed by atoms with Gasteiger partial charge in [-0.2, -0.15) is 0 Å². The predicted octanol–water partition coefficient (Wildman–Crippen LogP) is 1.46. The van der Waals surface area contributed by atoms with E-state index in [-0.39, 0.29) is 6.47 Å². The molecule has 0 aliphatic heterocycles. The molecule has 0 saturated heterocycles. The lowest BCUT2D eigenvalue weighted by Gasteiger charge is -1.66. The third-order valence-corrected chi connectivity index (χ3v) is 1.17. The standard InChI is InChI=1S/C6H5NO.CH2O2/c1-3-7-5-2-4-8-6(1)5;2-1-3/h1-4,7H;1H,(H,2,3). The monoisotopic (exact) mass is 153 g/mol. The average Bonchev–Trinajstić information content (AvgIpc) is 2.44. The summed E-state index contributed by atoms with van der Waals surface area (Å²) in [5.41, 5.74) is 1.98. The van der Waals surface area contributed by atoms with Crippen LogP contribution in [0.15, 0.2) is 29.0 Å². The van der Waals surface area contributed by atoms with Crippen molar-refractivity contribution in [2.45, 2.75) is 0 Å². The van der Waals surface area contributed by atoms with E-state index in [1.54, 1.807) is 6.26 Å². The molecular weight excluding hydrogens is 146 g/mol. The molecule has 0 unspecified atom stereocenters. The zero-order chi connectivity index (χ0) is 8.10. The Morgan fingerprint density at radius 3 is 2.91 bits per heavy atom. The summed E-state index contributed by atoms with van der Waals surface area (Å²) in [5.74, 6) is 0. The van der Waals surface area contributed by atoms with Gasteiger partial charge in [-0.15, -0.1) is 0 Å². The molecule has 0 radical (unpaired) electrons. The molecule has 2 aromatic heterocycles. The van der Waals surface area contributed by atoms with Gasteiger partial charge in [-0.25, -0.2) is 0 Å². The first-order chi connectivity index (χ1) is 5.38. The van der Waals surface area contributed by atoms with Crippen molar-refractivity contribution in [2.75, 3.05) is 0 Å². The summed E-state index contributed by atoms with van der Waals surface area (Å²) in [5, 5.41) is 6.89. The van der Waals surface area contributed by atoms with Crippen LogP contribution < -0.4 is 0 Å². The number of hydrogen-bond donors (Lipinski definition) is 2. The van der Waals surface area contributed by atoms with Gasteiger partial charge in [0.2, 0.25) is 0 Å². The average molecular weight is 153 g/mol. The summed E-state index contributed by atoms with van der Waals surface area (Å²) in [7, 11) is 0. The second-order valence-electron chi connectivity index (χ2n) is 1.78. The molecule has 0 aliphatic rings. The van der Waals surface area contributed by atoms with Gasteiger partial charge < -0.3 is 14.5 Å². The van der Waals surface area contributed by atoms with E-state index >= 15 is 0 Å². The van der Waals surface area contributed by atoms with Gasteiger partial charge in [0, 0.05) is 12.3 Å². The van der Waals surface area contributed by atoms with E-state index in [2.05, 4.69) is 4.98 Å². The fourth-order valence-electron chi connectivity index (χ4n) is 0.776. The van der Waals surface area contributed by atoms with E-state index in [0.29, 0.717) is 0 Å². The van der Waals surface area contributed by atoms with Crippen molar-refractivity contribution in [1.29, 1.82) is 0 Å². The van der Waals surface area contributed by atoms with Crippen LogP contribution in [0.3, 0.4) is 0 Å². The third-order valence-electron chi connectivity index (χ3n) is 1.17. The number of fused-ring (bicyclic) bond motifs is 1. The molecule has 4 heteroatoms. The molecular formula is C7H7NO3. The van der Waals surface area contributed by atoms with Crippen LogP contribution in [0, 0.1) is 0 Å². The van der Waals surface area contributed by atoms with Crippen molar-refractivity contribution in [3.8, 4) is 0 Å². The second-order valence-corrected chi connectivity index (χ2v) is 1.78. The zero-order valence-electron chi connectivity index (χ0n) is 5.65. The first-order valence-corrected chi connectivity index (χ1v) is 2.97. The minimum Gasteiger partial charge on any atom is -0.483 e. The van der Waals surface area contributed by atoms with Crippen LogP contribution in [0.2, 0.25) is 0 Å². The Morgan fingerprint density at radius 2 is 2.27 bits per heavy atom. The fourth-order valence-corrected chi connectivity index (χ4v) is 0.776. The van der Waals surface area contributed by atoms with Crippen LogP contribution in [-0.2, 0) is 4.79 Å². The Balaban J connectivity index is 0.000000179. The maximum atomic E-state index is 8.36. The highest BCUT2D eigenvalue weighted by atomic mass is 16.3. The molecule has 4 nitrogen and oxygen atoms in total. The summed E-state index contributed by atoms with van der Waals surface area (Å²) in [6.07, 6.45) is 3.52. The minimum absolute atomic E-state index is 0.250. The van der Waals surface area contributed by atoms with Crippen molar-refractivity contribution in [3.63, 3.8) is 0 Å². The molecule has 2 rings (SSSR count). The van der Waals surface area contributed by atoms with Crippen molar-refractivity contribution in [3.05, 3.63) is 24.6 Å². The van der Waals surface area contributed by atoms with E-state index < -0.39 is 0 Å². The quantitative estimate of drug-likeness (QED) is 0.563. The first-order valence-electron chi connectivity index (χ1n) is 2.97. The number of nitrogens with one attached hydrogen (secondary N) is 1. The van der Waals surface area contributed by atoms with Gasteiger partial charge in [0.15, 0.2) is 5.58 Å². The number of carbonyl (C=O) groups is 1. The lowest BCUT2D eigenvalue weighted by atomic mass is 10.5. The molecule has 2 N–H and O–H groups in total.